The Morgan fingerprint density at radius 3 is 2.79 bits per heavy atom. The van der Waals surface area contributed by atoms with Gasteiger partial charge in [-0.05, 0) is 61.4 Å². The number of fused-ring (bicyclic) bond motifs is 2. The summed E-state index contributed by atoms with van der Waals surface area (Å²) in [6, 6.07) is 16.1. The fourth-order valence-corrected chi connectivity index (χ4v) is 3.73. The fourth-order valence-electron chi connectivity index (χ4n) is 3.56. The summed E-state index contributed by atoms with van der Waals surface area (Å²) >= 11 is 6.18. The van der Waals surface area contributed by atoms with Crippen LogP contribution in [0.1, 0.15) is 35.7 Å². The van der Waals surface area contributed by atoms with E-state index in [4.69, 9.17) is 21.1 Å². The van der Waals surface area contributed by atoms with Gasteiger partial charge in [0.25, 0.3) is 5.91 Å². The van der Waals surface area contributed by atoms with Crippen LogP contribution in [0.2, 0.25) is 5.02 Å². The van der Waals surface area contributed by atoms with Crippen molar-refractivity contribution in [3.63, 3.8) is 0 Å². The van der Waals surface area contributed by atoms with Crippen molar-refractivity contribution in [3.05, 3.63) is 76.9 Å². The van der Waals surface area contributed by atoms with Crippen LogP contribution in [-0.2, 0) is 11.3 Å². The van der Waals surface area contributed by atoms with Crippen molar-refractivity contribution in [2.75, 3.05) is 18.1 Å². The van der Waals surface area contributed by atoms with Gasteiger partial charge in [-0.25, -0.2) is 4.98 Å². The van der Waals surface area contributed by atoms with Crippen LogP contribution in [-0.4, -0.2) is 29.9 Å². The third-order valence-electron chi connectivity index (χ3n) is 5.17. The van der Waals surface area contributed by atoms with Crippen LogP contribution >= 0.6 is 11.6 Å². The van der Waals surface area contributed by atoms with Crippen molar-refractivity contribution in [1.82, 2.24) is 10.3 Å². The third kappa shape index (κ3) is 5.43. The Kier molecular flexibility index (Phi) is 7.10. The molecule has 1 aromatic heterocycles. The van der Waals surface area contributed by atoms with E-state index in [1.54, 1.807) is 41.4 Å². The lowest BCUT2D eigenvalue weighted by atomic mass is 10.2. The molecule has 33 heavy (non-hydrogen) atoms. The lowest BCUT2D eigenvalue weighted by molar-refractivity contribution is -0.121. The zero-order chi connectivity index (χ0) is 23.2. The van der Waals surface area contributed by atoms with Gasteiger partial charge in [-0.2, -0.15) is 0 Å². The number of halogens is 1. The molecule has 0 bridgehead atoms. The molecule has 0 spiro atoms. The molecule has 1 aliphatic heterocycles. The number of pyridine rings is 1. The number of rotatable bonds is 8. The minimum atomic E-state index is -0.242. The van der Waals surface area contributed by atoms with E-state index in [9.17, 15) is 9.59 Å². The number of ether oxygens (including phenoxy) is 2. The standard InChI is InChI=1S/C25H24ClN3O4/c1-2-32-19-10-7-17(8-11-19)16-28-23(30)6-4-14-29-21-15-18(26)9-12-22(21)33-24-20(25(29)31)5-3-13-27-24/h3,5,7-13,15H,2,4,6,14,16H2,1H3,(H,28,30). The minimum Gasteiger partial charge on any atom is -0.494 e. The van der Waals surface area contributed by atoms with Crippen molar-refractivity contribution in [2.45, 2.75) is 26.3 Å². The summed E-state index contributed by atoms with van der Waals surface area (Å²) in [4.78, 5) is 31.4. The van der Waals surface area contributed by atoms with E-state index < -0.39 is 0 Å². The van der Waals surface area contributed by atoms with E-state index in [0.29, 0.717) is 48.1 Å². The zero-order valence-corrected chi connectivity index (χ0v) is 19.0. The molecule has 3 aromatic rings. The molecule has 2 amide bonds. The van der Waals surface area contributed by atoms with Crippen molar-refractivity contribution in [3.8, 4) is 17.4 Å². The lowest BCUT2D eigenvalue weighted by Gasteiger charge is -2.22. The summed E-state index contributed by atoms with van der Waals surface area (Å²) in [7, 11) is 0. The second-order valence-corrected chi connectivity index (χ2v) is 7.92. The van der Waals surface area contributed by atoms with Gasteiger partial charge in [0.2, 0.25) is 11.8 Å². The zero-order valence-electron chi connectivity index (χ0n) is 18.2. The van der Waals surface area contributed by atoms with Crippen molar-refractivity contribution < 1.29 is 19.1 Å². The van der Waals surface area contributed by atoms with E-state index in [0.717, 1.165) is 11.3 Å². The second-order valence-electron chi connectivity index (χ2n) is 7.48. The number of carbonyl (C=O) groups is 2. The Morgan fingerprint density at radius 1 is 1.18 bits per heavy atom. The highest BCUT2D eigenvalue weighted by Crippen LogP contribution is 2.39. The van der Waals surface area contributed by atoms with Gasteiger partial charge in [0, 0.05) is 30.7 Å². The average molecular weight is 466 g/mol. The summed E-state index contributed by atoms with van der Waals surface area (Å²) in [5.74, 6) is 1.22. The van der Waals surface area contributed by atoms with Gasteiger partial charge < -0.3 is 19.7 Å². The highest BCUT2D eigenvalue weighted by Gasteiger charge is 2.29. The summed E-state index contributed by atoms with van der Waals surface area (Å²) < 4.78 is 11.3. The maximum Gasteiger partial charge on any atom is 0.263 e. The molecule has 8 heteroatoms. The van der Waals surface area contributed by atoms with Crippen LogP contribution in [0.15, 0.2) is 60.8 Å². The van der Waals surface area contributed by atoms with E-state index in [1.807, 2.05) is 31.2 Å². The molecule has 2 heterocycles. The molecule has 0 atom stereocenters. The van der Waals surface area contributed by atoms with Crippen LogP contribution in [0.3, 0.4) is 0 Å². The first-order valence-corrected chi connectivity index (χ1v) is 11.2. The number of benzene rings is 2. The van der Waals surface area contributed by atoms with Crippen LogP contribution in [0.5, 0.6) is 17.4 Å². The first-order chi connectivity index (χ1) is 16.0. The summed E-state index contributed by atoms with van der Waals surface area (Å²) in [5, 5.41) is 3.40. The molecule has 4 rings (SSSR count). The summed E-state index contributed by atoms with van der Waals surface area (Å²) in [6.07, 6.45) is 2.33. The number of carbonyl (C=O) groups excluding carboxylic acids is 2. The highest BCUT2D eigenvalue weighted by atomic mass is 35.5. The van der Waals surface area contributed by atoms with Gasteiger partial charge in [0.15, 0.2) is 5.75 Å². The predicted octanol–water partition coefficient (Wildman–Crippen LogP) is 4.98. The number of aromatic nitrogens is 1. The molecular formula is C25H24ClN3O4. The van der Waals surface area contributed by atoms with Gasteiger partial charge in [0.1, 0.15) is 11.3 Å². The Balaban J connectivity index is 1.38. The molecule has 0 radical (unpaired) electrons. The quantitative estimate of drug-likeness (QED) is 0.507. The molecule has 2 aromatic carbocycles. The van der Waals surface area contributed by atoms with Crippen molar-refractivity contribution >= 4 is 29.1 Å². The summed E-state index contributed by atoms with van der Waals surface area (Å²) in [6.45, 7) is 3.31. The molecule has 1 aliphatic rings. The molecule has 0 unspecified atom stereocenters. The number of nitrogens with one attached hydrogen (secondary N) is 1. The largest absolute Gasteiger partial charge is 0.494 e. The topological polar surface area (TPSA) is 80.8 Å². The lowest BCUT2D eigenvalue weighted by Crippen LogP contribution is -2.32. The highest BCUT2D eigenvalue weighted by molar-refractivity contribution is 6.31. The smallest absolute Gasteiger partial charge is 0.263 e. The Labute approximate surface area is 197 Å². The molecular weight excluding hydrogens is 442 g/mol. The number of hydrogen-bond acceptors (Lipinski definition) is 5. The van der Waals surface area contributed by atoms with Crippen molar-refractivity contribution in [2.24, 2.45) is 0 Å². The van der Waals surface area contributed by atoms with E-state index in [1.165, 1.54) is 0 Å². The van der Waals surface area contributed by atoms with E-state index in [2.05, 4.69) is 10.3 Å². The predicted molar refractivity (Wildman–Crippen MR) is 126 cm³/mol. The van der Waals surface area contributed by atoms with Gasteiger partial charge >= 0.3 is 0 Å². The molecule has 170 valence electrons. The van der Waals surface area contributed by atoms with Gasteiger partial charge in [0.05, 0.1) is 12.3 Å². The SMILES string of the molecule is CCOc1ccc(CNC(=O)CCCN2C(=O)c3cccnc3Oc3ccc(Cl)cc32)cc1. The summed E-state index contributed by atoms with van der Waals surface area (Å²) in [5.41, 5.74) is 1.91. The van der Waals surface area contributed by atoms with Gasteiger partial charge in [-0.3, -0.25) is 9.59 Å². The van der Waals surface area contributed by atoms with Crippen molar-refractivity contribution in [1.29, 1.82) is 0 Å². The number of amides is 2. The first-order valence-electron chi connectivity index (χ1n) is 10.8. The molecule has 0 saturated heterocycles. The first kappa shape index (κ1) is 22.6. The minimum absolute atomic E-state index is 0.0872. The number of anilines is 1. The fraction of sp³-hybridized carbons (Fsp3) is 0.240. The van der Waals surface area contributed by atoms with Crippen LogP contribution in [0, 0.1) is 0 Å². The molecule has 0 aliphatic carbocycles. The van der Waals surface area contributed by atoms with Gasteiger partial charge in [-0.15, -0.1) is 0 Å². The number of hydrogen-bond donors (Lipinski definition) is 1. The normalized spacial score (nSPS) is 12.3. The number of nitrogens with zero attached hydrogens (tertiary/aromatic N) is 2. The average Bonchev–Trinajstić information content (AvgIpc) is 2.93. The third-order valence-corrected chi connectivity index (χ3v) is 5.41. The maximum atomic E-state index is 13.2. The molecule has 1 N–H and O–H groups in total. The molecule has 7 nitrogen and oxygen atoms in total. The van der Waals surface area contributed by atoms with Crippen LogP contribution in [0.4, 0.5) is 5.69 Å². The van der Waals surface area contributed by atoms with E-state index >= 15 is 0 Å². The molecule has 0 fully saturated rings. The molecule has 0 saturated carbocycles. The van der Waals surface area contributed by atoms with Crippen LogP contribution in [0.25, 0.3) is 0 Å². The monoisotopic (exact) mass is 465 g/mol. The van der Waals surface area contributed by atoms with Gasteiger partial charge in [-0.1, -0.05) is 23.7 Å². The van der Waals surface area contributed by atoms with E-state index in [-0.39, 0.29) is 24.1 Å². The second kappa shape index (κ2) is 10.4. The Hall–Kier alpha value is -3.58. The Bertz CT molecular complexity index is 1150. The van der Waals surface area contributed by atoms with Crippen LogP contribution < -0.4 is 19.7 Å². The maximum absolute atomic E-state index is 13.2. The Morgan fingerprint density at radius 2 is 2.00 bits per heavy atom.